The van der Waals surface area contributed by atoms with Gasteiger partial charge in [-0.25, -0.2) is 0 Å². The lowest BCUT2D eigenvalue weighted by Crippen LogP contribution is -2.42. The maximum absolute atomic E-state index is 13.1. The molecular formula is C22H27F3N4O4. The SMILES string of the molecule is Cc1cc(C(=O)N2CC(=O)N(C(C)C)CC(OCc3ccc(OC(F)(F)F)cc3)C2)n(C)n1. The van der Waals surface area contributed by atoms with Crippen molar-refractivity contribution in [2.24, 2.45) is 7.05 Å². The first-order chi connectivity index (χ1) is 15.4. The summed E-state index contributed by atoms with van der Waals surface area (Å²) in [7, 11) is 1.67. The summed E-state index contributed by atoms with van der Waals surface area (Å²) in [5, 5.41) is 4.20. The molecule has 1 fully saturated rings. The number of halogens is 3. The summed E-state index contributed by atoms with van der Waals surface area (Å²) in [6.45, 7) is 6.05. The molecule has 1 unspecified atom stereocenters. The van der Waals surface area contributed by atoms with Gasteiger partial charge in [-0.15, -0.1) is 13.2 Å². The first-order valence-electron chi connectivity index (χ1n) is 10.5. The Bertz CT molecular complexity index is 989. The average Bonchev–Trinajstić information content (AvgIpc) is 2.95. The monoisotopic (exact) mass is 468 g/mol. The third kappa shape index (κ3) is 6.47. The summed E-state index contributed by atoms with van der Waals surface area (Å²) in [5.74, 6) is -0.822. The predicted octanol–water partition coefficient (Wildman–Crippen LogP) is 2.91. The molecule has 1 aliphatic heterocycles. The average molecular weight is 468 g/mol. The lowest BCUT2D eigenvalue weighted by atomic mass is 10.2. The molecule has 0 aliphatic carbocycles. The lowest BCUT2D eigenvalue weighted by Gasteiger charge is -2.27. The van der Waals surface area contributed by atoms with Gasteiger partial charge in [0.15, 0.2) is 0 Å². The van der Waals surface area contributed by atoms with Crippen LogP contribution in [0.3, 0.4) is 0 Å². The Labute approximate surface area is 189 Å². The second kappa shape index (κ2) is 9.82. The van der Waals surface area contributed by atoms with E-state index in [0.717, 1.165) is 0 Å². The van der Waals surface area contributed by atoms with E-state index >= 15 is 0 Å². The van der Waals surface area contributed by atoms with Gasteiger partial charge in [0.05, 0.1) is 18.4 Å². The number of aryl methyl sites for hydroxylation is 2. The van der Waals surface area contributed by atoms with E-state index in [-0.39, 0.29) is 43.3 Å². The number of hydrogen-bond acceptors (Lipinski definition) is 5. The zero-order valence-electron chi connectivity index (χ0n) is 18.9. The van der Waals surface area contributed by atoms with Crippen molar-refractivity contribution in [1.29, 1.82) is 0 Å². The summed E-state index contributed by atoms with van der Waals surface area (Å²) in [6.07, 6.45) is -5.24. The molecule has 0 N–H and O–H groups in total. The smallest absolute Gasteiger partial charge is 0.406 e. The number of alkyl halides is 3. The number of nitrogens with zero attached hydrogens (tertiary/aromatic N) is 4. The molecule has 0 saturated carbocycles. The normalized spacial score (nSPS) is 17.5. The van der Waals surface area contributed by atoms with Gasteiger partial charge in [0.2, 0.25) is 5.91 Å². The molecule has 3 rings (SSSR count). The Balaban J connectivity index is 1.72. The summed E-state index contributed by atoms with van der Waals surface area (Å²) in [6, 6.07) is 6.96. The van der Waals surface area contributed by atoms with Crippen LogP contribution in [0.2, 0.25) is 0 Å². The van der Waals surface area contributed by atoms with Crippen molar-refractivity contribution in [3.05, 3.63) is 47.3 Å². The fourth-order valence-corrected chi connectivity index (χ4v) is 3.68. The van der Waals surface area contributed by atoms with Crippen LogP contribution in [0.1, 0.15) is 35.6 Å². The van der Waals surface area contributed by atoms with Gasteiger partial charge in [0.1, 0.15) is 18.0 Å². The van der Waals surface area contributed by atoms with Gasteiger partial charge in [-0.3, -0.25) is 14.3 Å². The Morgan fingerprint density at radius 3 is 2.42 bits per heavy atom. The predicted molar refractivity (Wildman–Crippen MR) is 112 cm³/mol. The molecule has 33 heavy (non-hydrogen) atoms. The van der Waals surface area contributed by atoms with Crippen molar-refractivity contribution in [2.75, 3.05) is 19.6 Å². The number of hydrogen-bond donors (Lipinski definition) is 0. The minimum atomic E-state index is -4.76. The van der Waals surface area contributed by atoms with Crippen molar-refractivity contribution in [2.45, 2.75) is 45.9 Å². The number of carbonyl (C=O) groups excluding carboxylic acids is 2. The number of carbonyl (C=O) groups is 2. The highest BCUT2D eigenvalue weighted by molar-refractivity contribution is 5.95. The third-order valence-corrected chi connectivity index (χ3v) is 5.25. The minimum Gasteiger partial charge on any atom is -0.406 e. The zero-order chi connectivity index (χ0) is 24.3. The van der Waals surface area contributed by atoms with Crippen LogP contribution >= 0.6 is 0 Å². The maximum atomic E-state index is 13.1. The highest BCUT2D eigenvalue weighted by Crippen LogP contribution is 2.23. The lowest BCUT2D eigenvalue weighted by molar-refractivity contribution is -0.274. The minimum absolute atomic E-state index is 0.0788. The molecule has 1 atom stereocenters. The van der Waals surface area contributed by atoms with Gasteiger partial charge < -0.3 is 19.3 Å². The highest BCUT2D eigenvalue weighted by Gasteiger charge is 2.33. The van der Waals surface area contributed by atoms with Crippen molar-refractivity contribution < 1.29 is 32.2 Å². The first-order valence-corrected chi connectivity index (χ1v) is 10.5. The molecule has 2 amide bonds. The van der Waals surface area contributed by atoms with E-state index in [2.05, 4.69) is 9.84 Å². The number of ether oxygens (including phenoxy) is 2. The molecule has 0 bridgehead atoms. The second-order valence-corrected chi connectivity index (χ2v) is 8.24. The van der Waals surface area contributed by atoms with Gasteiger partial charge in [-0.1, -0.05) is 12.1 Å². The fraction of sp³-hybridized carbons (Fsp3) is 0.500. The van der Waals surface area contributed by atoms with Crippen LogP contribution in [0.15, 0.2) is 30.3 Å². The third-order valence-electron chi connectivity index (χ3n) is 5.25. The van der Waals surface area contributed by atoms with Crippen LogP contribution in [0.4, 0.5) is 13.2 Å². The maximum Gasteiger partial charge on any atom is 0.573 e. The quantitative estimate of drug-likeness (QED) is 0.652. The summed E-state index contributed by atoms with van der Waals surface area (Å²) in [4.78, 5) is 29.0. The van der Waals surface area contributed by atoms with E-state index < -0.39 is 12.5 Å². The summed E-state index contributed by atoms with van der Waals surface area (Å²) >= 11 is 0. The van der Waals surface area contributed by atoms with Crippen LogP contribution in [0.5, 0.6) is 5.75 Å². The van der Waals surface area contributed by atoms with Crippen molar-refractivity contribution in [3.63, 3.8) is 0 Å². The van der Waals surface area contributed by atoms with Crippen molar-refractivity contribution >= 4 is 11.8 Å². The van der Waals surface area contributed by atoms with Gasteiger partial charge in [-0.2, -0.15) is 5.10 Å². The van der Waals surface area contributed by atoms with Crippen molar-refractivity contribution in [1.82, 2.24) is 19.6 Å². The highest BCUT2D eigenvalue weighted by atomic mass is 19.4. The van der Waals surface area contributed by atoms with E-state index in [4.69, 9.17) is 4.74 Å². The van der Waals surface area contributed by atoms with Crippen molar-refractivity contribution in [3.8, 4) is 5.75 Å². The number of rotatable bonds is 6. The van der Waals surface area contributed by atoms with Gasteiger partial charge in [0, 0.05) is 26.2 Å². The molecule has 180 valence electrons. The van der Waals surface area contributed by atoms with E-state index in [1.54, 1.807) is 24.9 Å². The van der Waals surface area contributed by atoms with Crippen LogP contribution in [0.25, 0.3) is 0 Å². The Morgan fingerprint density at radius 1 is 1.21 bits per heavy atom. The topological polar surface area (TPSA) is 76.9 Å². The molecule has 2 heterocycles. The molecular weight excluding hydrogens is 441 g/mol. The van der Waals surface area contributed by atoms with E-state index in [1.165, 1.54) is 33.8 Å². The Morgan fingerprint density at radius 2 is 1.88 bits per heavy atom. The fourth-order valence-electron chi connectivity index (χ4n) is 3.68. The standard InChI is InChI=1S/C22H27F3N4O4/c1-14(2)29-11-18(32-13-16-5-7-17(8-6-16)33-22(23,24)25)10-28(12-20(29)30)21(31)19-9-15(3)26-27(19)4/h5-9,14,18H,10-13H2,1-4H3. The van der Waals surface area contributed by atoms with Gasteiger partial charge in [0.25, 0.3) is 5.91 Å². The Hall–Kier alpha value is -3.08. The van der Waals surface area contributed by atoms with Gasteiger partial charge >= 0.3 is 6.36 Å². The Kier molecular flexibility index (Phi) is 7.31. The van der Waals surface area contributed by atoms with Crippen LogP contribution in [-0.4, -0.2) is 69.5 Å². The molecule has 2 aromatic rings. The molecule has 1 aromatic carbocycles. The number of aromatic nitrogens is 2. The molecule has 8 nitrogen and oxygen atoms in total. The van der Waals surface area contributed by atoms with Crippen LogP contribution < -0.4 is 4.74 Å². The van der Waals surface area contributed by atoms with E-state index in [9.17, 15) is 22.8 Å². The molecule has 1 saturated heterocycles. The number of amides is 2. The molecule has 0 radical (unpaired) electrons. The first kappa shape index (κ1) is 24.6. The largest absolute Gasteiger partial charge is 0.573 e. The molecule has 11 heteroatoms. The summed E-state index contributed by atoms with van der Waals surface area (Å²) < 4.78 is 48.4. The van der Waals surface area contributed by atoms with Crippen LogP contribution in [0, 0.1) is 6.92 Å². The molecule has 1 aliphatic rings. The summed E-state index contributed by atoms with van der Waals surface area (Å²) in [5.41, 5.74) is 1.70. The number of benzene rings is 1. The second-order valence-electron chi connectivity index (χ2n) is 8.24. The van der Waals surface area contributed by atoms with E-state index in [0.29, 0.717) is 23.5 Å². The van der Waals surface area contributed by atoms with Gasteiger partial charge in [-0.05, 0) is 44.5 Å². The van der Waals surface area contributed by atoms with E-state index in [1.807, 2.05) is 13.8 Å². The molecule has 0 spiro atoms. The van der Waals surface area contributed by atoms with Crippen LogP contribution in [-0.2, 0) is 23.2 Å². The molecule has 1 aromatic heterocycles. The zero-order valence-corrected chi connectivity index (χ0v) is 18.9.